The lowest BCUT2D eigenvalue weighted by molar-refractivity contribution is -0.192. The number of nitrogens with zero attached hydrogens (tertiary/aromatic N) is 3. The molecule has 0 atom stereocenters. The van der Waals surface area contributed by atoms with Crippen molar-refractivity contribution in [3.8, 4) is 11.5 Å². The number of hydrogen-bond acceptors (Lipinski definition) is 7. The highest BCUT2D eigenvalue weighted by atomic mass is 35.5. The molecule has 2 heterocycles. The lowest BCUT2D eigenvalue weighted by Gasteiger charge is -2.27. The normalized spacial score (nSPS) is 16.9. The Bertz CT molecular complexity index is 1600. The molecule has 2 aromatic carbocycles. The maximum Gasteiger partial charge on any atom is 0.490 e. The maximum absolute atomic E-state index is 12.5. The van der Waals surface area contributed by atoms with Gasteiger partial charge in [0, 0.05) is 35.4 Å². The van der Waals surface area contributed by atoms with Gasteiger partial charge in [-0.3, -0.25) is 9.59 Å². The third kappa shape index (κ3) is 8.38. The zero-order chi connectivity index (χ0) is 30.3. The minimum Gasteiger partial charge on any atom is -0.475 e. The highest BCUT2D eigenvalue weighted by Crippen LogP contribution is 2.33. The summed E-state index contributed by atoms with van der Waals surface area (Å²) in [6, 6.07) is 14.8. The number of aromatic amines is 1. The number of aliphatic carboxylic acids is 1. The average molecular weight is 606 g/mol. The van der Waals surface area contributed by atoms with Gasteiger partial charge in [-0.25, -0.2) is 9.78 Å². The number of H-pyrrole nitrogens is 1. The van der Waals surface area contributed by atoms with Crippen LogP contribution in [0.2, 0.25) is 5.02 Å². The number of alkyl halides is 3. The number of carbonyl (C=O) groups is 2. The Morgan fingerprint density at radius 1 is 1.07 bits per heavy atom. The third-order valence-electron chi connectivity index (χ3n) is 6.68. The molecule has 14 heteroatoms. The SMILES string of the molecule is O=C(CCCc1nc2ccccc2c(=O)[nH]1)NC1CCC(c2nnc(-c3cccc(Cl)c3)o2)CC1.O=C(O)C(F)(F)F. The molecule has 0 aliphatic heterocycles. The van der Waals surface area contributed by atoms with Gasteiger partial charge < -0.3 is 19.8 Å². The van der Waals surface area contributed by atoms with Crippen molar-refractivity contribution in [2.75, 3.05) is 0 Å². The fourth-order valence-electron chi connectivity index (χ4n) is 4.59. The number of para-hydroxylation sites is 1. The van der Waals surface area contributed by atoms with E-state index in [0.717, 1.165) is 31.2 Å². The molecule has 0 unspecified atom stereocenters. The fraction of sp³-hybridized carbons (Fsp3) is 0.357. The minimum absolute atomic E-state index is 0.0256. The molecule has 0 bridgehead atoms. The second-order valence-corrected chi connectivity index (χ2v) is 10.2. The number of benzene rings is 2. The molecule has 5 rings (SSSR count). The summed E-state index contributed by atoms with van der Waals surface area (Å²) in [5, 5.41) is 19.9. The number of fused-ring (bicyclic) bond motifs is 1. The summed E-state index contributed by atoms with van der Waals surface area (Å²) in [7, 11) is 0. The number of carboxylic acids is 1. The van der Waals surface area contributed by atoms with Gasteiger partial charge in [-0.2, -0.15) is 13.2 Å². The molecular weight excluding hydrogens is 579 g/mol. The molecule has 0 saturated heterocycles. The summed E-state index contributed by atoms with van der Waals surface area (Å²) in [6.45, 7) is 0. The first-order valence-electron chi connectivity index (χ1n) is 13.2. The minimum atomic E-state index is -5.08. The predicted octanol–water partition coefficient (Wildman–Crippen LogP) is 5.43. The van der Waals surface area contributed by atoms with E-state index in [1.165, 1.54) is 0 Å². The Morgan fingerprint density at radius 2 is 1.79 bits per heavy atom. The van der Waals surface area contributed by atoms with Crippen molar-refractivity contribution in [2.24, 2.45) is 0 Å². The van der Waals surface area contributed by atoms with Gasteiger partial charge >= 0.3 is 12.1 Å². The topological polar surface area (TPSA) is 151 Å². The molecule has 42 heavy (non-hydrogen) atoms. The molecule has 0 radical (unpaired) electrons. The number of amides is 1. The molecule has 222 valence electrons. The van der Waals surface area contributed by atoms with Gasteiger partial charge in [-0.15, -0.1) is 10.2 Å². The van der Waals surface area contributed by atoms with E-state index in [1.54, 1.807) is 18.2 Å². The van der Waals surface area contributed by atoms with E-state index in [-0.39, 0.29) is 23.4 Å². The van der Waals surface area contributed by atoms with E-state index in [4.69, 9.17) is 25.9 Å². The smallest absolute Gasteiger partial charge is 0.475 e. The average Bonchev–Trinajstić information content (AvgIpc) is 3.44. The molecule has 3 N–H and O–H groups in total. The van der Waals surface area contributed by atoms with E-state index in [1.807, 2.05) is 30.3 Å². The zero-order valence-electron chi connectivity index (χ0n) is 22.2. The van der Waals surface area contributed by atoms with Crippen molar-refractivity contribution in [1.82, 2.24) is 25.5 Å². The lowest BCUT2D eigenvalue weighted by atomic mass is 9.86. The third-order valence-corrected chi connectivity index (χ3v) is 6.91. The number of carboxylic acid groups (broad SMARTS) is 1. The first-order valence-corrected chi connectivity index (χ1v) is 13.5. The molecule has 1 fully saturated rings. The number of rotatable bonds is 7. The highest BCUT2D eigenvalue weighted by molar-refractivity contribution is 6.30. The summed E-state index contributed by atoms with van der Waals surface area (Å²) >= 11 is 6.06. The van der Waals surface area contributed by atoms with Crippen LogP contribution in [-0.2, 0) is 16.0 Å². The predicted molar refractivity (Wildman–Crippen MR) is 147 cm³/mol. The van der Waals surface area contributed by atoms with Gasteiger partial charge in [0.15, 0.2) is 0 Å². The van der Waals surface area contributed by atoms with Crippen LogP contribution in [0.4, 0.5) is 13.2 Å². The van der Waals surface area contributed by atoms with Crippen molar-refractivity contribution in [1.29, 1.82) is 0 Å². The molecule has 1 aliphatic rings. The van der Waals surface area contributed by atoms with Crippen molar-refractivity contribution in [3.05, 3.63) is 75.6 Å². The number of aromatic nitrogens is 4. The first kappa shape index (κ1) is 30.7. The Hall–Kier alpha value is -4.26. The quantitative estimate of drug-likeness (QED) is 0.252. The number of nitrogens with one attached hydrogen (secondary N) is 2. The first-order chi connectivity index (χ1) is 20.0. The summed E-state index contributed by atoms with van der Waals surface area (Å²) in [4.78, 5) is 40.9. The molecule has 1 amide bonds. The van der Waals surface area contributed by atoms with E-state index in [9.17, 15) is 22.8 Å². The van der Waals surface area contributed by atoms with Gasteiger partial charge in [0.05, 0.1) is 10.9 Å². The second kappa shape index (κ2) is 13.6. The van der Waals surface area contributed by atoms with Crippen LogP contribution in [-0.4, -0.2) is 49.4 Å². The van der Waals surface area contributed by atoms with Crippen LogP contribution in [0.3, 0.4) is 0 Å². The molecule has 2 aromatic heterocycles. The van der Waals surface area contributed by atoms with Crippen LogP contribution < -0.4 is 10.9 Å². The fourth-order valence-corrected chi connectivity index (χ4v) is 4.78. The Labute approximate surface area is 242 Å². The summed E-state index contributed by atoms with van der Waals surface area (Å²) < 4.78 is 37.6. The van der Waals surface area contributed by atoms with Crippen LogP contribution in [0, 0.1) is 0 Å². The molecular formula is C28H27ClF3N5O5. The molecule has 4 aromatic rings. The molecule has 10 nitrogen and oxygen atoms in total. The monoisotopic (exact) mass is 605 g/mol. The molecule has 0 spiro atoms. The van der Waals surface area contributed by atoms with Gasteiger partial charge in [0.1, 0.15) is 5.82 Å². The zero-order valence-corrected chi connectivity index (χ0v) is 22.9. The van der Waals surface area contributed by atoms with E-state index < -0.39 is 12.1 Å². The van der Waals surface area contributed by atoms with E-state index >= 15 is 0 Å². The van der Waals surface area contributed by atoms with E-state index in [2.05, 4.69) is 25.5 Å². The van der Waals surface area contributed by atoms with Gasteiger partial charge in [-0.1, -0.05) is 29.8 Å². The highest BCUT2D eigenvalue weighted by Gasteiger charge is 2.38. The van der Waals surface area contributed by atoms with Crippen molar-refractivity contribution in [2.45, 2.75) is 63.1 Å². The summed E-state index contributed by atoms with van der Waals surface area (Å²) in [5.41, 5.74) is 1.33. The van der Waals surface area contributed by atoms with Gasteiger partial charge in [-0.05, 0) is 62.4 Å². The van der Waals surface area contributed by atoms with Crippen molar-refractivity contribution < 1.29 is 32.3 Å². The van der Waals surface area contributed by atoms with Crippen LogP contribution in [0.15, 0.2) is 57.7 Å². The van der Waals surface area contributed by atoms with Crippen LogP contribution in [0.25, 0.3) is 22.4 Å². The number of halogens is 4. The summed E-state index contributed by atoms with van der Waals surface area (Å²) in [6.07, 6.45) is -0.0311. The second-order valence-electron chi connectivity index (χ2n) is 9.76. The largest absolute Gasteiger partial charge is 0.490 e. The van der Waals surface area contributed by atoms with Crippen molar-refractivity contribution >= 4 is 34.4 Å². The summed E-state index contributed by atoms with van der Waals surface area (Å²) in [5.74, 6) is -0.815. The number of hydrogen-bond donors (Lipinski definition) is 3. The Morgan fingerprint density at radius 3 is 2.48 bits per heavy atom. The van der Waals surface area contributed by atoms with E-state index in [0.29, 0.717) is 52.8 Å². The molecule has 1 aliphatic carbocycles. The van der Waals surface area contributed by atoms with Gasteiger partial charge in [0.25, 0.3) is 5.56 Å². The Kier molecular flexibility index (Phi) is 9.94. The standard InChI is InChI=1S/C26H26ClN5O3.C2HF3O2/c27-18-6-3-5-17(15-18)26-32-31-25(35-26)16-11-13-19(14-12-16)28-23(33)10-4-9-22-29-21-8-2-1-7-20(21)24(34)30-22;3-2(4,5)1(6)7/h1-3,5-8,15-16,19H,4,9-14H2,(H,28,33)(H,29,30,34);(H,6,7). The number of aryl methyl sites for hydroxylation is 1. The van der Waals surface area contributed by atoms with Crippen LogP contribution >= 0.6 is 11.6 Å². The van der Waals surface area contributed by atoms with Crippen molar-refractivity contribution in [3.63, 3.8) is 0 Å². The van der Waals surface area contributed by atoms with Crippen LogP contribution in [0.5, 0.6) is 0 Å². The maximum atomic E-state index is 12.5. The molecule has 1 saturated carbocycles. The van der Waals surface area contributed by atoms with Crippen LogP contribution in [0.1, 0.15) is 56.2 Å². The lowest BCUT2D eigenvalue weighted by Crippen LogP contribution is -2.37. The van der Waals surface area contributed by atoms with Gasteiger partial charge in [0.2, 0.25) is 17.7 Å². The number of carbonyl (C=O) groups excluding carboxylic acids is 1. The Balaban J connectivity index is 0.000000517.